The van der Waals surface area contributed by atoms with E-state index < -0.39 is 0 Å². The van der Waals surface area contributed by atoms with Gasteiger partial charge >= 0.3 is 0 Å². The molecule has 0 bridgehead atoms. The molecule has 0 aliphatic heterocycles. The number of benzene rings is 1. The van der Waals surface area contributed by atoms with Gasteiger partial charge in [0.1, 0.15) is 11.6 Å². The van der Waals surface area contributed by atoms with Crippen LogP contribution in [-0.2, 0) is 6.42 Å². The number of aromatic nitrogens is 1. The minimum Gasteiger partial charge on any atom is -0.370 e. The summed E-state index contributed by atoms with van der Waals surface area (Å²) in [6.45, 7) is 6.96. The number of anilines is 1. The molecule has 0 aliphatic carbocycles. The summed E-state index contributed by atoms with van der Waals surface area (Å²) >= 11 is 0. The number of aryl methyl sites for hydroxylation is 2. The first-order valence-corrected chi connectivity index (χ1v) is 6.99. The van der Waals surface area contributed by atoms with Gasteiger partial charge in [-0.25, -0.2) is 9.37 Å². The Morgan fingerprint density at radius 1 is 1.16 bits per heavy atom. The fraction of sp³-hybridized carbons (Fsp3) is 0.438. The standard InChI is InChI=1S/C16H21FN2/c1-4-6-12-9-13-8-11(3)14(17)10-15(13)19-16(12)18-7-5-2/h8-10H,4-7H2,1-3H3,(H,18,19). The van der Waals surface area contributed by atoms with E-state index in [-0.39, 0.29) is 5.82 Å². The van der Waals surface area contributed by atoms with Crippen molar-refractivity contribution in [3.63, 3.8) is 0 Å². The van der Waals surface area contributed by atoms with Gasteiger partial charge in [-0.1, -0.05) is 20.3 Å². The summed E-state index contributed by atoms with van der Waals surface area (Å²) < 4.78 is 13.6. The molecule has 0 aliphatic rings. The van der Waals surface area contributed by atoms with E-state index in [4.69, 9.17) is 0 Å². The summed E-state index contributed by atoms with van der Waals surface area (Å²) in [4.78, 5) is 4.58. The first-order valence-electron chi connectivity index (χ1n) is 6.99. The fourth-order valence-corrected chi connectivity index (χ4v) is 2.21. The Balaban J connectivity index is 2.51. The Bertz CT molecular complexity index is 578. The largest absolute Gasteiger partial charge is 0.370 e. The number of hydrogen-bond donors (Lipinski definition) is 1. The second-order valence-electron chi connectivity index (χ2n) is 4.97. The van der Waals surface area contributed by atoms with Crippen LogP contribution in [0.3, 0.4) is 0 Å². The van der Waals surface area contributed by atoms with Crippen molar-refractivity contribution in [3.05, 3.63) is 35.1 Å². The average Bonchev–Trinajstić information content (AvgIpc) is 2.39. The van der Waals surface area contributed by atoms with Gasteiger partial charge in [-0.05, 0) is 43.0 Å². The molecule has 1 aromatic carbocycles. The van der Waals surface area contributed by atoms with E-state index in [2.05, 4.69) is 30.2 Å². The van der Waals surface area contributed by atoms with Gasteiger partial charge in [-0.3, -0.25) is 0 Å². The molecule has 1 aromatic heterocycles. The highest BCUT2D eigenvalue weighted by molar-refractivity contribution is 5.82. The Morgan fingerprint density at radius 3 is 2.63 bits per heavy atom. The maximum atomic E-state index is 13.6. The van der Waals surface area contributed by atoms with Gasteiger partial charge in [0.2, 0.25) is 0 Å². The van der Waals surface area contributed by atoms with Crippen molar-refractivity contribution in [2.75, 3.05) is 11.9 Å². The molecule has 2 rings (SSSR count). The van der Waals surface area contributed by atoms with E-state index in [0.717, 1.165) is 42.5 Å². The lowest BCUT2D eigenvalue weighted by atomic mass is 10.1. The molecule has 0 saturated heterocycles. The monoisotopic (exact) mass is 260 g/mol. The summed E-state index contributed by atoms with van der Waals surface area (Å²) in [5.74, 6) is 0.712. The third-order valence-corrected chi connectivity index (χ3v) is 3.24. The summed E-state index contributed by atoms with van der Waals surface area (Å²) in [5, 5.41) is 4.36. The highest BCUT2D eigenvalue weighted by Crippen LogP contribution is 2.24. The second-order valence-corrected chi connectivity index (χ2v) is 4.97. The molecule has 0 unspecified atom stereocenters. The highest BCUT2D eigenvalue weighted by Gasteiger charge is 2.08. The minimum absolute atomic E-state index is 0.190. The molecule has 0 amide bonds. The molecule has 0 spiro atoms. The number of nitrogens with one attached hydrogen (secondary N) is 1. The van der Waals surface area contributed by atoms with Gasteiger partial charge in [0, 0.05) is 18.0 Å². The molecule has 2 nitrogen and oxygen atoms in total. The van der Waals surface area contributed by atoms with Gasteiger partial charge in [0.15, 0.2) is 0 Å². The first kappa shape index (κ1) is 13.8. The summed E-state index contributed by atoms with van der Waals surface area (Å²) in [6, 6.07) is 5.54. The number of rotatable bonds is 5. The smallest absolute Gasteiger partial charge is 0.129 e. The van der Waals surface area contributed by atoms with Crippen molar-refractivity contribution in [3.8, 4) is 0 Å². The molecule has 0 saturated carbocycles. The van der Waals surface area contributed by atoms with Crippen LogP contribution in [-0.4, -0.2) is 11.5 Å². The van der Waals surface area contributed by atoms with Gasteiger partial charge in [0.25, 0.3) is 0 Å². The predicted octanol–water partition coefficient (Wildman–Crippen LogP) is 4.46. The molecule has 0 atom stereocenters. The van der Waals surface area contributed by atoms with Crippen molar-refractivity contribution in [1.29, 1.82) is 0 Å². The van der Waals surface area contributed by atoms with E-state index >= 15 is 0 Å². The van der Waals surface area contributed by atoms with Crippen LogP contribution < -0.4 is 5.32 Å². The zero-order valence-corrected chi connectivity index (χ0v) is 11.9. The topological polar surface area (TPSA) is 24.9 Å². The summed E-state index contributed by atoms with van der Waals surface area (Å²) in [6.07, 6.45) is 3.12. The van der Waals surface area contributed by atoms with E-state index in [1.165, 1.54) is 11.6 Å². The number of hydrogen-bond acceptors (Lipinski definition) is 2. The molecule has 102 valence electrons. The molecule has 2 aromatic rings. The Labute approximate surface area is 114 Å². The van der Waals surface area contributed by atoms with Gasteiger partial charge in [0.05, 0.1) is 5.52 Å². The van der Waals surface area contributed by atoms with Gasteiger partial charge in [-0.2, -0.15) is 0 Å². The van der Waals surface area contributed by atoms with E-state index in [0.29, 0.717) is 5.56 Å². The van der Waals surface area contributed by atoms with Crippen LogP contribution in [0.5, 0.6) is 0 Å². The number of halogens is 1. The zero-order chi connectivity index (χ0) is 13.8. The van der Waals surface area contributed by atoms with E-state index in [9.17, 15) is 4.39 Å². The quantitative estimate of drug-likeness (QED) is 0.858. The third-order valence-electron chi connectivity index (χ3n) is 3.24. The van der Waals surface area contributed by atoms with Crippen LogP contribution in [0.2, 0.25) is 0 Å². The normalized spacial score (nSPS) is 10.9. The molecule has 0 fully saturated rings. The van der Waals surface area contributed by atoms with Crippen LogP contribution in [0, 0.1) is 12.7 Å². The van der Waals surface area contributed by atoms with Crippen LogP contribution in [0.15, 0.2) is 18.2 Å². The van der Waals surface area contributed by atoms with Crippen molar-refractivity contribution < 1.29 is 4.39 Å². The molecule has 0 radical (unpaired) electrons. The SMILES string of the molecule is CCCNc1nc2cc(F)c(C)cc2cc1CCC. The zero-order valence-electron chi connectivity index (χ0n) is 11.9. The Kier molecular flexibility index (Phi) is 4.35. The van der Waals surface area contributed by atoms with Gasteiger partial charge < -0.3 is 5.32 Å². The fourth-order valence-electron chi connectivity index (χ4n) is 2.21. The molecule has 19 heavy (non-hydrogen) atoms. The van der Waals surface area contributed by atoms with Crippen LogP contribution in [0.4, 0.5) is 10.2 Å². The average molecular weight is 260 g/mol. The Morgan fingerprint density at radius 2 is 1.95 bits per heavy atom. The van der Waals surface area contributed by atoms with E-state index in [1.54, 1.807) is 6.92 Å². The lowest BCUT2D eigenvalue weighted by Crippen LogP contribution is -2.06. The highest BCUT2D eigenvalue weighted by atomic mass is 19.1. The van der Waals surface area contributed by atoms with Crippen LogP contribution in [0.25, 0.3) is 10.9 Å². The first-order chi connectivity index (χ1) is 9.15. The molecular weight excluding hydrogens is 239 g/mol. The number of fused-ring (bicyclic) bond motifs is 1. The maximum Gasteiger partial charge on any atom is 0.129 e. The minimum atomic E-state index is -0.190. The van der Waals surface area contributed by atoms with Gasteiger partial charge in [-0.15, -0.1) is 0 Å². The maximum absolute atomic E-state index is 13.6. The van der Waals surface area contributed by atoms with E-state index in [1.807, 2.05) is 6.07 Å². The molecule has 1 N–H and O–H groups in total. The van der Waals surface area contributed by atoms with Crippen molar-refractivity contribution in [2.45, 2.75) is 40.0 Å². The Hall–Kier alpha value is -1.64. The lowest BCUT2D eigenvalue weighted by Gasteiger charge is -2.12. The molecular formula is C16H21FN2. The molecule has 3 heteroatoms. The van der Waals surface area contributed by atoms with Crippen LogP contribution in [0.1, 0.15) is 37.8 Å². The molecule has 1 heterocycles. The lowest BCUT2D eigenvalue weighted by molar-refractivity contribution is 0.620. The van der Waals surface area contributed by atoms with Crippen LogP contribution >= 0.6 is 0 Å². The second kappa shape index (κ2) is 6.00. The summed E-state index contributed by atoms with van der Waals surface area (Å²) in [5.41, 5.74) is 2.61. The number of pyridine rings is 1. The van der Waals surface area contributed by atoms with Crippen molar-refractivity contribution in [1.82, 2.24) is 4.98 Å². The summed E-state index contributed by atoms with van der Waals surface area (Å²) in [7, 11) is 0. The predicted molar refractivity (Wildman–Crippen MR) is 79.2 cm³/mol. The van der Waals surface area contributed by atoms with Crippen molar-refractivity contribution in [2.24, 2.45) is 0 Å². The van der Waals surface area contributed by atoms with Crippen molar-refractivity contribution >= 4 is 16.7 Å². The third kappa shape index (κ3) is 3.03. The number of nitrogens with zero attached hydrogens (tertiary/aromatic N) is 1.